The maximum absolute atomic E-state index is 13.5. The molecule has 0 aliphatic rings. The molecule has 0 aliphatic heterocycles. The van der Waals surface area contributed by atoms with E-state index in [4.69, 9.17) is 0 Å². The molecule has 0 radical (unpaired) electrons. The van der Waals surface area contributed by atoms with Crippen LogP contribution in [0.4, 0.5) is 24.5 Å². The smallest absolute Gasteiger partial charge is 0.196 e. The minimum Gasteiger partial charge on any atom is -0.353 e. The quantitative estimate of drug-likeness (QED) is 0.777. The van der Waals surface area contributed by atoms with Crippen LogP contribution in [0.5, 0.6) is 0 Å². The number of rotatable bonds is 2. The normalized spacial score (nSPS) is 10.5. The molecular formula is C14H12F3N. The lowest BCUT2D eigenvalue weighted by atomic mass is 10.1. The van der Waals surface area contributed by atoms with E-state index in [1.807, 2.05) is 26.0 Å². The van der Waals surface area contributed by atoms with Crippen molar-refractivity contribution < 1.29 is 13.2 Å². The van der Waals surface area contributed by atoms with E-state index < -0.39 is 17.5 Å². The topological polar surface area (TPSA) is 12.0 Å². The van der Waals surface area contributed by atoms with Gasteiger partial charge in [-0.3, -0.25) is 0 Å². The molecule has 94 valence electrons. The molecule has 0 spiro atoms. The van der Waals surface area contributed by atoms with E-state index in [0.29, 0.717) is 5.69 Å². The third-order valence-electron chi connectivity index (χ3n) is 2.82. The lowest BCUT2D eigenvalue weighted by molar-refractivity contribution is 0.449. The minimum absolute atomic E-state index is 0.0860. The van der Waals surface area contributed by atoms with Gasteiger partial charge in [-0.2, -0.15) is 0 Å². The van der Waals surface area contributed by atoms with Gasteiger partial charge >= 0.3 is 0 Å². The lowest BCUT2D eigenvalue weighted by Crippen LogP contribution is -1.99. The Hall–Kier alpha value is -1.97. The van der Waals surface area contributed by atoms with Gasteiger partial charge in [-0.25, -0.2) is 13.2 Å². The van der Waals surface area contributed by atoms with Crippen LogP contribution in [0, 0.1) is 31.3 Å². The van der Waals surface area contributed by atoms with Crippen LogP contribution < -0.4 is 5.32 Å². The van der Waals surface area contributed by atoms with Crippen molar-refractivity contribution in [3.8, 4) is 0 Å². The molecule has 2 rings (SSSR count). The SMILES string of the molecule is Cc1ccc(Nc2ccc(F)c(F)c2F)cc1C. The van der Waals surface area contributed by atoms with Crippen molar-refractivity contribution in [3.05, 3.63) is 58.9 Å². The summed E-state index contributed by atoms with van der Waals surface area (Å²) in [7, 11) is 0. The standard InChI is InChI=1S/C14H12F3N/c1-8-3-4-10(7-9(8)2)18-12-6-5-11(15)13(16)14(12)17/h3-7,18H,1-2H3. The molecule has 0 fully saturated rings. The molecule has 0 saturated heterocycles. The van der Waals surface area contributed by atoms with Gasteiger partial charge in [-0.05, 0) is 49.2 Å². The second-order valence-corrected chi connectivity index (χ2v) is 4.15. The Balaban J connectivity index is 2.34. The van der Waals surface area contributed by atoms with Crippen molar-refractivity contribution in [2.75, 3.05) is 5.32 Å². The highest BCUT2D eigenvalue weighted by atomic mass is 19.2. The highest BCUT2D eigenvalue weighted by molar-refractivity contribution is 5.61. The van der Waals surface area contributed by atoms with Crippen LogP contribution in [0.15, 0.2) is 30.3 Å². The fraction of sp³-hybridized carbons (Fsp3) is 0.143. The minimum atomic E-state index is -1.47. The fourth-order valence-corrected chi connectivity index (χ4v) is 1.60. The number of aryl methyl sites for hydroxylation is 2. The molecule has 0 amide bonds. The highest BCUT2D eigenvalue weighted by Crippen LogP contribution is 2.24. The van der Waals surface area contributed by atoms with Gasteiger partial charge in [0.1, 0.15) is 0 Å². The Morgan fingerprint density at radius 1 is 0.833 bits per heavy atom. The maximum Gasteiger partial charge on any atom is 0.196 e. The molecular weight excluding hydrogens is 239 g/mol. The second kappa shape index (κ2) is 4.72. The lowest BCUT2D eigenvalue weighted by Gasteiger charge is -2.10. The zero-order valence-electron chi connectivity index (χ0n) is 10.0. The average molecular weight is 251 g/mol. The summed E-state index contributed by atoms with van der Waals surface area (Å²) in [6, 6.07) is 7.50. The molecule has 0 atom stereocenters. The largest absolute Gasteiger partial charge is 0.353 e. The summed E-state index contributed by atoms with van der Waals surface area (Å²) < 4.78 is 39.3. The Morgan fingerprint density at radius 2 is 1.56 bits per heavy atom. The second-order valence-electron chi connectivity index (χ2n) is 4.15. The number of anilines is 2. The number of benzene rings is 2. The first kappa shape index (κ1) is 12.5. The molecule has 0 heterocycles. The Kier molecular flexibility index (Phi) is 3.28. The van der Waals surface area contributed by atoms with Crippen LogP contribution in [0.3, 0.4) is 0 Å². The molecule has 2 aromatic carbocycles. The van der Waals surface area contributed by atoms with Gasteiger partial charge in [0.05, 0.1) is 5.69 Å². The van der Waals surface area contributed by atoms with Crippen LogP contribution in [0.25, 0.3) is 0 Å². The van der Waals surface area contributed by atoms with Crippen molar-refractivity contribution in [1.29, 1.82) is 0 Å². The molecule has 0 aliphatic carbocycles. The van der Waals surface area contributed by atoms with Gasteiger partial charge in [-0.15, -0.1) is 0 Å². The summed E-state index contributed by atoms with van der Waals surface area (Å²) in [5.74, 6) is -3.88. The van der Waals surface area contributed by atoms with Crippen LogP contribution in [-0.4, -0.2) is 0 Å². The first-order valence-corrected chi connectivity index (χ1v) is 5.47. The fourth-order valence-electron chi connectivity index (χ4n) is 1.60. The van der Waals surface area contributed by atoms with E-state index in [1.54, 1.807) is 6.07 Å². The Labute approximate surface area is 103 Å². The first-order chi connectivity index (χ1) is 8.49. The molecule has 0 unspecified atom stereocenters. The summed E-state index contributed by atoms with van der Waals surface area (Å²) in [4.78, 5) is 0. The van der Waals surface area contributed by atoms with Gasteiger partial charge in [-0.1, -0.05) is 6.07 Å². The van der Waals surface area contributed by atoms with E-state index in [9.17, 15) is 13.2 Å². The zero-order valence-corrected chi connectivity index (χ0v) is 10.0. The molecule has 1 N–H and O–H groups in total. The van der Waals surface area contributed by atoms with Gasteiger partial charge in [0.2, 0.25) is 0 Å². The Bertz CT molecular complexity index is 594. The molecule has 4 heteroatoms. The van der Waals surface area contributed by atoms with Crippen molar-refractivity contribution in [1.82, 2.24) is 0 Å². The average Bonchev–Trinajstić information content (AvgIpc) is 2.34. The van der Waals surface area contributed by atoms with E-state index in [1.165, 1.54) is 6.07 Å². The van der Waals surface area contributed by atoms with Gasteiger partial charge < -0.3 is 5.32 Å². The Morgan fingerprint density at radius 3 is 2.22 bits per heavy atom. The molecule has 18 heavy (non-hydrogen) atoms. The van der Waals surface area contributed by atoms with Crippen LogP contribution in [0.1, 0.15) is 11.1 Å². The van der Waals surface area contributed by atoms with E-state index in [-0.39, 0.29) is 5.69 Å². The molecule has 0 bridgehead atoms. The monoisotopic (exact) mass is 251 g/mol. The molecule has 0 aromatic heterocycles. The zero-order chi connectivity index (χ0) is 13.3. The highest BCUT2D eigenvalue weighted by Gasteiger charge is 2.13. The summed E-state index contributed by atoms with van der Waals surface area (Å²) in [6.07, 6.45) is 0. The van der Waals surface area contributed by atoms with Crippen molar-refractivity contribution in [3.63, 3.8) is 0 Å². The van der Waals surface area contributed by atoms with Crippen LogP contribution in [-0.2, 0) is 0 Å². The first-order valence-electron chi connectivity index (χ1n) is 5.47. The van der Waals surface area contributed by atoms with Crippen molar-refractivity contribution in [2.45, 2.75) is 13.8 Å². The third-order valence-corrected chi connectivity index (χ3v) is 2.82. The van der Waals surface area contributed by atoms with E-state index >= 15 is 0 Å². The molecule has 0 saturated carbocycles. The predicted molar refractivity (Wildman–Crippen MR) is 65.5 cm³/mol. The van der Waals surface area contributed by atoms with Gasteiger partial charge in [0.15, 0.2) is 17.5 Å². The molecule has 1 nitrogen and oxygen atoms in total. The summed E-state index contributed by atoms with van der Waals surface area (Å²) >= 11 is 0. The van der Waals surface area contributed by atoms with E-state index in [2.05, 4.69) is 5.32 Å². The molecule has 2 aromatic rings. The summed E-state index contributed by atoms with van der Waals surface area (Å²) in [5.41, 5.74) is 2.68. The van der Waals surface area contributed by atoms with Crippen LogP contribution in [0.2, 0.25) is 0 Å². The van der Waals surface area contributed by atoms with Crippen LogP contribution >= 0.6 is 0 Å². The van der Waals surface area contributed by atoms with E-state index in [0.717, 1.165) is 17.2 Å². The van der Waals surface area contributed by atoms with Gasteiger partial charge in [0, 0.05) is 5.69 Å². The predicted octanol–water partition coefficient (Wildman–Crippen LogP) is 4.46. The number of hydrogen-bond donors (Lipinski definition) is 1. The van der Waals surface area contributed by atoms with Gasteiger partial charge in [0.25, 0.3) is 0 Å². The van der Waals surface area contributed by atoms with Crippen molar-refractivity contribution in [2.24, 2.45) is 0 Å². The number of nitrogens with one attached hydrogen (secondary N) is 1. The number of hydrogen-bond acceptors (Lipinski definition) is 1. The summed E-state index contributed by atoms with van der Waals surface area (Å²) in [5, 5.41) is 2.73. The number of halogens is 3. The third kappa shape index (κ3) is 2.32. The summed E-state index contributed by atoms with van der Waals surface area (Å²) in [6.45, 7) is 3.87. The maximum atomic E-state index is 13.5. The van der Waals surface area contributed by atoms with Crippen molar-refractivity contribution >= 4 is 11.4 Å².